The lowest BCUT2D eigenvalue weighted by atomic mass is 10.1. The van der Waals surface area contributed by atoms with Crippen molar-refractivity contribution in [2.75, 3.05) is 0 Å². The van der Waals surface area contributed by atoms with Gasteiger partial charge in [-0.25, -0.2) is 4.98 Å². The number of benzene rings is 1. The Morgan fingerprint density at radius 2 is 2.36 bits per heavy atom. The van der Waals surface area contributed by atoms with E-state index in [0.717, 1.165) is 35.1 Å². The molecule has 0 saturated heterocycles. The van der Waals surface area contributed by atoms with Crippen molar-refractivity contribution in [2.45, 2.75) is 19.8 Å². The summed E-state index contributed by atoms with van der Waals surface area (Å²) >= 11 is 0. The molecule has 0 unspecified atom stereocenters. The van der Waals surface area contributed by atoms with Crippen molar-refractivity contribution in [1.82, 2.24) is 9.97 Å². The molecule has 1 aromatic carbocycles. The van der Waals surface area contributed by atoms with Crippen LogP contribution in [0, 0.1) is 0 Å². The van der Waals surface area contributed by atoms with E-state index in [1.165, 1.54) is 0 Å². The lowest BCUT2D eigenvalue weighted by Gasteiger charge is -1.93. The minimum absolute atomic E-state index is 0.469. The Balaban J connectivity index is 2.48. The van der Waals surface area contributed by atoms with Gasteiger partial charge < -0.3 is 9.78 Å². The summed E-state index contributed by atoms with van der Waals surface area (Å²) in [6.07, 6.45) is 2.28. The Morgan fingerprint density at radius 3 is 3.07 bits per heavy atom. The van der Waals surface area contributed by atoms with Gasteiger partial charge in [0.2, 0.25) is 0 Å². The van der Waals surface area contributed by atoms with Crippen molar-refractivity contribution in [3.63, 3.8) is 0 Å². The molecule has 0 bridgehead atoms. The normalized spacial score (nSPS) is 10.6. The Labute approximate surface area is 82.2 Å². The van der Waals surface area contributed by atoms with Crippen LogP contribution in [-0.4, -0.2) is 16.3 Å². The number of imidazole rings is 1. The van der Waals surface area contributed by atoms with E-state index in [1.54, 1.807) is 0 Å². The van der Waals surface area contributed by atoms with E-state index in [-0.39, 0.29) is 0 Å². The number of aromatic amines is 1. The highest BCUT2D eigenvalue weighted by atomic mass is 16.1. The number of aryl methyl sites for hydroxylation is 1. The number of aromatic nitrogens is 2. The van der Waals surface area contributed by atoms with Gasteiger partial charge in [0.05, 0.1) is 11.0 Å². The smallest absolute Gasteiger partial charge is 0.124 e. The first kappa shape index (κ1) is 8.94. The van der Waals surface area contributed by atoms with Crippen LogP contribution < -0.4 is 0 Å². The van der Waals surface area contributed by atoms with Crippen molar-refractivity contribution in [3.05, 3.63) is 29.6 Å². The Morgan fingerprint density at radius 1 is 1.50 bits per heavy atom. The highest BCUT2D eigenvalue weighted by Gasteiger charge is 2.01. The summed E-state index contributed by atoms with van der Waals surface area (Å²) in [4.78, 5) is 18.0. The average Bonchev–Trinajstić information content (AvgIpc) is 2.60. The number of H-pyrrole nitrogens is 1. The fourth-order valence-electron chi connectivity index (χ4n) is 1.50. The summed E-state index contributed by atoms with van der Waals surface area (Å²) < 4.78 is 0. The Bertz CT molecular complexity index is 459. The SMILES string of the molecule is CCc1nc2ccc(CC=O)cc2[nH]1. The quantitative estimate of drug-likeness (QED) is 0.747. The molecule has 0 amide bonds. The summed E-state index contributed by atoms with van der Waals surface area (Å²) in [7, 11) is 0. The highest BCUT2D eigenvalue weighted by Crippen LogP contribution is 2.14. The van der Waals surface area contributed by atoms with Gasteiger partial charge in [-0.15, -0.1) is 0 Å². The van der Waals surface area contributed by atoms with Gasteiger partial charge in [0.25, 0.3) is 0 Å². The van der Waals surface area contributed by atoms with Crippen LogP contribution in [0.3, 0.4) is 0 Å². The molecule has 0 fully saturated rings. The number of nitrogens with one attached hydrogen (secondary N) is 1. The zero-order chi connectivity index (χ0) is 9.97. The molecule has 0 saturated carbocycles. The molecule has 72 valence electrons. The van der Waals surface area contributed by atoms with Crippen LogP contribution in [-0.2, 0) is 17.6 Å². The Hall–Kier alpha value is -1.64. The fourth-order valence-corrected chi connectivity index (χ4v) is 1.50. The molecule has 1 heterocycles. The zero-order valence-corrected chi connectivity index (χ0v) is 8.08. The number of carbonyl (C=O) groups excluding carboxylic acids is 1. The molecule has 0 atom stereocenters. The fraction of sp³-hybridized carbons (Fsp3) is 0.273. The maximum Gasteiger partial charge on any atom is 0.124 e. The monoisotopic (exact) mass is 188 g/mol. The molecule has 0 aliphatic heterocycles. The molecule has 14 heavy (non-hydrogen) atoms. The summed E-state index contributed by atoms with van der Waals surface area (Å²) in [6, 6.07) is 5.87. The number of aldehydes is 1. The summed E-state index contributed by atoms with van der Waals surface area (Å²) in [5.41, 5.74) is 3.01. The van der Waals surface area contributed by atoms with Gasteiger partial charge in [-0.2, -0.15) is 0 Å². The van der Waals surface area contributed by atoms with Gasteiger partial charge in [-0.3, -0.25) is 0 Å². The first-order valence-electron chi connectivity index (χ1n) is 4.74. The zero-order valence-electron chi connectivity index (χ0n) is 8.08. The minimum Gasteiger partial charge on any atom is -0.342 e. The van der Waals surface area contributed by atoms with Crippen LogP contribution in [0.25, 0.3) is 11.0 Å². The number of hydrogen-bond acceptors (Lipinski definition) is 2. The lowest BCUT2D eigenvalue weighted by Crippen LogP contribution is -1.84. The minimum atomic E-state index is 0.469. The summed E-state index contributed by atoms with van der Waals surface area (Å²) in [5, 5.41) is 0. The third-order valence-corrected chi connectivity index (χ3v) is 2.25. The largest absolute Gasteiger partial charge is 0.342 e. The van der Waals surface area contributed by atoms with Crippen LogP contribution >= 0.6 is 0 Å². The van der Waals surface area contributed by atoms with Gasteiger partial charge in [-0.05, 0) is 17.7 Å². The van der Waals surface area contributed by atoms with Gasteiger partial charge in [0, 0.05) is 12.8 Å². The molecule has 0 radical (unpaired) electrons. The van der Waals surface area contributed by atoms with E-state index in [9.17, 15) is 4.79 Å². The van der Waals surface area contributed by atoms with Crippen LogP contribution in [0.2, 0.25) is 0 Å². The standard InChI is InChI=1S/C11H12N2O/c1-2-11-12-9-4-3-8(5-6-14)7-10(9)13-11/h3-4,6-7H,2,5H2,1H3,(H,12,13). The molecule has 0 aliphatic rings. The van der Waals surface area contributed by atoms with Crippen LogP contribution in [0.5, 0.6) is 0 Å². The molecule has 3 nitrogen and oxygen atoms in total. The maximum atomic E-state index is 10.3. The third kappa shape index (κ3) is 1.53. The third-order valence-electron chi connectivity index (χ3n) is 2.25. The summed E-state index contributed by atoms with van der Waals surface area (Å²) in [6.45, 7) is 2.06. The number of carbonyl (C=O) groups is 1. The van der Waals surface area contributed by atoms with E-state index in [1.807, 2.05) is 18.2 Å². The predicted octanol–water partition coefficient (Wildman–Crippen LogP) is 1.87. The van der Waals surface area contributed by atoms with E-state index in [2.05, 4.69) is 16.9 Å². The highest BCUT2D eigenvalue weighted by molar-refractivity contribution is 5.76. The first-order valence-corrected chi connectivity index (χ1v) is 4.74. The number of hydrogen-bond donors (Lipinski definition) is 1. The van der Waals surface area contributed by atoms with Crippen LogP contribution in [0.1, 0.15) is 18.3 Å². The van der Waals surface area contributed by atoms with Gasteiger partial charge in [-0.1, -0.05) is 13.0 Å². The topological polar surface area (TPSA) is 45.8 Å². The van der Waals surface area contributed by atoms with Gasteiger partial charge >= 0.3 is 0 Å². The van der Waals surface area contributed by atoms with E-state index in [0.29, 0.717) is 6.42 Å². The number of nitrogens with zero attached hydrogens (tertiary/aromatic N) is 1. The molecule has 0 spiro atoms. The van der Waals surface area contributed by atoms with Crippen LogP contribution in [0.15, 0.2) is 18.2 Å². The molecule has 2 rings (SSSR count). The Kier molecular flexibility index (Phi) is 2.31. The van der Waals surface area contributed by atoms with E-state index in [4.69, 9.17) is 0 Å². The molecule has 3 heteroatoms. The second kappa shape index (κ2) is 3.62. The number of fused-ring (bicyclic) bond motifs is 1. The van der Waals surface area contributed by atoms with E-state index < -0.39 is 0 Å². The van der Waals surface area contributed by atoms with Gasteiger partial charge in [0.15, 0.2) is 0 Å². The van der Waals surface area contributed by atoms with E-state index >= 15 is 0 Å². The maximum absolute atomic E-state index is 10.3. The van der Waals surface area contributed by atoms with Gasteiger partial charge in [0.1, 0.15) is 12.1 Å². The molecular formula is C11H12N2O. The second-order valence-electron chi connectivity index (χ2n) is 3.26. The first-order chi connectivity index (χ1) is 6.83. The van der Waals surface area contributed by atoms with Crippen molar-refractivity contribution in [2.24, 2.45) is 0 Å². The average molecular weight is 188 g/mol. The second-order valence-corrected chi connectivity index (χ2v) is 3.26. The summed E-state index contributed by atoms with van der Waals surface area (Å²) in [5.74, 6) is 0.989. The number of rotatable bonds is 3. The van der Waals surface area contributed by atoms with Crippen molar-refractivity contribution < 1.29 is 4.79 Å². The van der Waals surface area contributed by atoms with Crippen LogP contribution in [0.4, 0.5) is 0 Å². The molecular weight excluding hydrogens is 176 g/mol. The van der Waals surface area contributed by atoms with Crippen molar-refractivity contribution >= 4 is 17.3 Å². The molecule has 0 aliphatic carbocycles. The van der Waals surface area contributed by atoms with Crippen molar-refractivity contribution in [1.29, 1.82) is 0 Å². The molecule has 2 aromatic rings. The molecule has 1 aromatic heterocycles. The molecule has 1 N–H and O–H groups in total. The predicted molar refractivity (Wildman–Crippen MR) is 55.2 cm³/mol. The van der Waals surface area contributed by atoms with Crippen molar-refractivity contribution in [3.8, 4) is 0 Å². The lowest BCUT2D eigenvalue weighted by molar-refractivity contribution is -0.107.